The first-order valence-electron chi connectivity index (χ1n) is 6.86. The Morgan fingerprint density at radius 1 is 1.38 bits per heavy atom. The van der Waals surface area contributed by atoms with Gasteiger partial charge in [-0.1, -0.05) is 0 Å². The summed E-state index contributed by atoms with van der Waals surface area (Å²) in [5.41, 5.74) is 0.439. The van der Waals surface area contributed by atoms with Crippen LogP contribution < -0.4 is 15.0 Å². The largest absolute Gasteiger partial charge is 0.491 e. The second-order valence-corrected chi connectivity index (χ2v) is 4.94. The zero-order valence-corrected chi connectivity index (χ0v) is 11.7. The van der Waals surface area contributed by atoms with Crippen LogP contribution in [0.15, 0.2) is 18.2 Å². The smallest absolute Gasteiger partial charge is 0.394 e. The fourth-order valence-electron chi connectivity index (χ4n) is 2.32. The molecule has 7 heteroatoms. The van der Waals surface area contributed by atoms with Gasteiger partial charge in [-0.05, 0) is 19.1 Å². The van der Waals surface area contributed by atoms with Crippen LogP contribution >= 0.6 is 0 Å². The molecule has 21 heavy (non-hydrogen) atoms. The van der Waals surface area contributed by atoms with E-state index in [1.165, 1.54) is 12.1 Å². The Hall–Kier alpha value is -1.50. The zero-order valence-electron chi connectivity index (χ0n) is 11.7. The van der Waals surface area contributed by atoms with Crippen molar-refractivity contribution in [3.05, 3.63) is 24.0 Å². The van der Waals surface area contributed by atoms with Gasteiger partial charge in [0.25, 0.3) is 0 Å². The molecule has 0 bridgehead atoms. The summed E-state index contributed by atoms with van der Waals surface area (Å²) in [6.45, 7) is 2.62. The fraction of sp³-hybridized carbons (Fsp3) is 0.571. The van der Waals surface area contributed by atoms with Crippen molar-refractivity contribution in [2.24, 2.45) is 5.92 Å². The van der Waals surface area contributed by atoms with E-state index in [2.05, 4.69) is 5.32 Å². The highest BCUT2D eigenvalue weighted by Crippen LogP contribution is 2.30. The summed E-state index contributed by atoms with van der Waals surface area (Å²) in [5.74, 6) is -1.91. The number of rotatable bonds is 3. The molecule has 0 saturated carbocycles. The van der Waals surface area contributed by atoms with E-state index < -0.39 is 17.9 Å². The second-order valence-electron chi connectivity index (χ2n) is 4.94. The molecule has 1 heterocycles. The molecule has 1 aliphatic heterocycles. The van der Waals surface area contributed by atoms with E-state index in [9.17, 15) is 17.6 Å². The molecule has 0 radical (unpaired) electrons. The van der Waals surface area contributed by atoms with Crippen molar-refractivity contribution in [2.45, 2.75) is 13.1 Å². The number of nitrogens with one attached hydrogen (secondary N) is 1. The van der Waals surface area contributed by atoms with E-state index in [1.807, 2.05) is 0 Å². The van der Waals surface area contributed by atoms with Gasteiger partial charge in [-0.2, -0.15) is 13.2 Å². The molecule has 3 nitrogen and oxygen atoms in total. The van der Waals surface area contributed by atoms with Crippen molar-refractivity contribution >= 4 is 5.69 Å². The van der Waals surface area contributed by atoms with E-state index in [0.29, 0.717) is 25.4 Å². The first kappa shape index (κ1) is 15.9. The third-order valence-corrected chi connectivity index (χ3v) is 3.43. The van der Waals surface area contributed by atoms with E-state index in [-0.39, 0.29) is 18.8 Å². The molecular formula is C14H18F4N2O. The average Bonchev–Trinajstić information content (AvgIpc) is 2.67. The molecule has 1 N–H and O–H groups in total. The Morgan fingerprint density at radius 2 is 2.14 bits per heavy atom. The lowest BCUT2D eigenvalue weighted by Gasteiger charge is -2.27. The van der Waals surface area contributed by atoms with Crippen molar-refractivity contribution in [3.8, 4) is 5.75 Å². The van der Waals surface area contributed by atoms with Crippen molar-refractivity contribution in [1.29, 1.82) is 0 Å². The lowest BCUT2D eigenvalue weighted by molar-refractivity contribution is -0.169. The molecule has 1 unspecified atom stereocenters. The van der Waals surface area contributed by atoms with Gasteiger partial charge in [0.1, 0.15) is 0 Å². The normalized spacial score (nSPS) is 20.2. The first-order valence-corrected chi connectivity index (χ1v) is 6.86. The average molecular weight is 306 g/mol. The van der Waals surface area contributed by atoms with E-state index in [0.717, 1.165) is 0 Å². The summed E-state index contributed by atoms with van der Waals surface area (Å²) in [6.07, 6.45) is -4.26. The minimum Gasteiger partial charge on any atom is -0.491 e. The van der Waals surface area contributed by atoms with Crippen molar-refractivity contribution in [2.75, 3.05) is 37.7 Å². The first-order chi connectivity index (χ1) is 9.91. The number of alkyl halides is 3. The number of hydrogen-bond acceptors (Lipinski definition) is 3. The Balaban J connectivity index is 2.17. The Morgan fingerprint density at radius 3 is 2.76 bits per heavy atom. The van der Waals surface area contributed by atoms with Gasteiger partial charge < -0.3 is 15.0 Å². The molecule has 1 atom stereocenters. The quantitative estimate of drug-likeness (QED) is 0.869. The van der Waals surface area contributed by atoms with E-state index in [4.69, 9.17) is 4.74 Å². The Kier molecular flexibility index (Phi) is 4.92. The van der Waals surface area contributed by atoms with Crippen LogP contribution in [-0.2, 0) is 0 Å². The van der Waals surface area contributed by atoms with Crippen molar-refractivity contribution in [3.63, 3.8) is 0 Å². The zero-order chi connectivity index (χ0) is 15.5. The monoisotopic (exact) mass is 306 g/mol. The second kappa shape index (κ2) is 6.51. The Bertz CT molecular complexity index is 479. The number of anilines is 1. The summed E-state index contributed by atoms with van der Waals surface area (Å²) in [5, 5.41) is 2.77. The van der Waals surface area contributed by atoms with Gasteiger partial charge in [0.2, 0.25) is 0 Å². The van der Waals surface area contributed by atoms with Gasteiger partial charge in [0.15, 0.2) is 11.6 Å². The summed E-state index contributed by atoms with van der Waals surface area (Å²) < 4.78 is 57.6. The molecule has 0 aliphatic carbocycles. The SMILES string of the molecule is CCOc1ccc(N2CCNCC(C(F)(F)F)C2)cc1F. The van der Waals surface area contributed by atoms with Gasteiger partial charge in [-0.25, -0.2) is 4.39 Å². The topological polar surface area (TPSA) is 24.5 Å². The van der Waals surface area contributed by atoms with Crippen molar-refractivity contribution in [1.82, 2.24) is 5.32 Å². The van der Waals surface area contributed by atoms with Crippen LogP contribution in [0.3, 0.4) is 0 Å². The maximum absolute atomic E-state index is 13.8. The van der Waals surface area contributed by atoms with Crippen LogP contribution in [0.1, 0.15) is 6.92 Å². The van der Waals surface area contributed by atoms with Gasteiger partial charge >= 0.3 is 6.18 Å². The highest BCUT2D eigenvalue weighted by molar-refractivity contribution is 5.50. The number of halogens is 4. The Labute approximate surface area is 120 Å². The van der Waals surface area contributed by atoms with Gasteiger partial charge in [-0.15, -0.1) is 0 Å². The molecule has 1 aromatic rings. The molecule has 1 saturated heterocycles. The van der Waals surface area contributed by atoms with Crippen LogP contribution in [0, 0.1) is 11.7 Å². The van der Waals surface area contributed by atoms with Crippen LogP contribution in [0.25, 0.3) is 0 Å². The van der Waals surface area contributed by atoms with Crippen LogP contribution in [0.5, 0.6) is 5.75 Å². The maximum Gasteiger partial charge on any atom is 0.394 e. The van der Waals surface area contributed by atoms with Gasteiger partial charge in [0, 0.05) is 37.9 Å². The minimum atomic E-state index is -4.26. The fourth-order valence-corrected chi connectivity index (χ4v) is 2.32. The van der Waals surface area contributed by atoms with Crippen LogP contribution in [0.4, 0.5) is 23.2 Å². The predicted molar refractivity (Wildman–Crippen MR) is 72.2 cm³/mol. The molecule has 2 rings (SSSR count). The minimum absolute atomic E-state index is 0.112. The van der Waals surface area contributed by atoms with E-state index >= 15 is 0 Å². The number of ether oxygens (including phenoxy) is 1. The predicted octanol–water partition coefficient (Wildman–Crippen LogP) is 2.81. The number of nitrogens with zero attached hydrogens (tertiary/aromatic N) is 1. The van der Waals surface area contributed by atoms with Crippen LogP contribution in [0.2, 0.25) is 0 Å². The highest BCUT2D eigenvalue weighted by Gasteiger charge is 2.41. The third-order valence-electron chi connectivity index (χ3n) is 3.43. The molecule has 1 aromatic carbocycles. The number of hydrogen-bond donors (Lipinski definition) is 1. The maximum atomic E-state index is 13.8. The summed E-state index contributed by atoms with van der Waals surface area (Å²) in [4.78, 5) is 1.55. The third kappa shape index (κ3) is 4.00. The molecule has 0 spiro atoms. The highest BCUT2D eigenvalue weighted by atomic mass is 19.4. The lowest BCUT2D eigenvalue weighted by atomic mass is 10.1. The summed E-state index contributed by atoms with van der Waals surface area (Å²) in [6, 6.07) is 4.27. The van der Waals surface area contributed by atoms with Crippen LogP contribution in [-0.4, -0.2) is 39.0 Å². The molecule has 1 fully saturated rings. The lowest BCUT2D eigenvalue weighted by Crippen LogP contribution is -2.38. The van der Waals surface area contributed by atoms with Gasteiger partial charge in [0.05, 0.1) is 12.5 Å². The standard InChI is InChI=1S/C14H18F4N2O/c1-2-21-13-4-3-11(7-12(13)15)20-6-5-19-8-10(9-20)14(16,17)18/h3-4,7,10,19H,2,5-6,8-9H2,1H3. The van der Waals surface area contributed by atoms with Gasteiger partial charge in [-0.3, -0.25) is 0 Å². The molecule has 0 amide bonds. The van der Waals surface area contributed by atoms with Crippen molar-refractivity contribution < 1.29 is 22.3 Å². The molecule has 0 aromatic heterocycles. The summed E-state index contributed by atoms with van der Waals surface area (Å²) >= 11 is 0. The summed E-state index contributed by atoms with van der Waals surface area (Å²) in [7, 11) is 0. The molecular weight excluding hydrogens is 288 g/mol. The molecule has 118 valence electrons. The van der Waals surface area contributed by atoms with E-state index in [1.54, 1.807) is 17.9 Å². The molecule has 1 aliphatic rings. The number of benzene rings is 1.